The molecule has 1 heterocycles. The quantitative estimate of drug-likeness (QED) is 0.772. The first kappa shape index (κ1) is 17.3. The van der Waals surface area contributed by atoms with Crippen LogP contribution in [0, 0.1) is 0 Å². The lowest BCUT2D eigenvalue weighted by Crippen LogP contribution is -2.30. The maximum atomic E-state index is 12.2. The lowest BCUT2D eigenvalue weighted by molar-refractivity contribution is -0.152. The monoisotopic (exact) mass is 405 g/mol. The molecule has 0 saturated carbocycles. The van der Waals surface area contributed by atoms with Crippen molar-refractivity contribution in [2.45, 2.75) is 19.4 Å². The number of rotatable bonds is 5. The van der Waals surface area contributed by atoms with Crippen LogP contribution in [0.15, 0.2) is 46.9 Å². The fourth-order valence-corrected chi connectivity index (χ4v) is 2.54. The van der Waals surface area contributed by atoms with Crippen molar-refractivity contribution in [1.82, 2.24) is 0 Å². The van der Waals surface area contributed by atoms with Gasteiger partial charge in [0.15, 0.2) is 17.6 Å². The van der Waals surface area contributed by atoms with Gasteiger partial charge in [-0.25, -0.2) is 0 Å². The molecule has 130 valence electrons. The summed E-state index contributed by atoms with van der Waals surface area (Å²) in [6.45, 7) is 1.69. The van der Waals surface area contributed by atoms with Crippen molar-refractivity contribution in [3.63, 3.8) is 0 Å². The van der Waals surface area contributed by atoms with E-state index in [0.717, 1.165) is 10.0 Å². The molecule has 0 saturated heterocycles. The number of ether oxygens (including phenoxy) is 3. The fourth-order valence-electron chi connectivity index (χ4n) is 2.28. The summed E-state index contributed by atoms with van der Waals surface area (Å²) in [4.78, 5) is 24.1. The zero-order valence-corrected chi connectivity index (χ0v) is 15.0. The van der Waals surface area contributed by atoms with Crippen molar-refractivity contribution >= 4 is 33.5 Å². The van der Waals surface area contributed by atoms with Gasteiger partial charge >= 0.3 is 5.97 Å². The molecule has 6 nitrogen and oxygen atoms in total. The van der Waals surface area contributed by atoms with E-state index in [9.17, 15) is 9.59 Å². The molecule has 1 N–H and O–H groups in total. The average Bonchev–Trinajstić information content (AvgIpc) is 3.04. The van der Waals surface area contributed by atoms with Crippen molar-refractivity contribution in [3.05, 3.63) is 52.5 Å². The summed E-state index contributed by atoms with van der Waals surface area (Å²) in [5, 5.41) is 2.69. The van der Waals surface area contributed by atoms with Gasteiger partial charge in [-0.05, 0) is 36.8 Å². The van der Waals surface area contributed by atoms with Crippen LogP contribution in [0.5, 0.6) is 11.5 Å². The van der Waals surface area contributed by atoms with E-state index in [-0.39, 0.29) is 13.2 Å². The third kappa shape index (κ3) is 4.51. The Labute approximate surface area is 153 Å². The van der Waals surface area contributed by atoms with Crippen LogP contribution in [0.3, 0.4) is 0 Å². The van der Waals surface area contributed by atoms with Crippen LogP contribution < -0.4 is 14.8 Å². The number of benzene rings is 2. The minimum atomic E-state index is -0.909. The van der Waals surface area contributed by atoms with Crippen molar-refractivity contribution in [2.75, 3.05) is 12.1 Å². The Kier molecular flexibility index (Phi) is 5.23. The standard InChI is InChI=1S/C18H16BrNO5/c1-11(25-17(21)8-12-2-4-13(19)5-3-12)18(22)20-14-6-7-15-16(9-14)24-10-23-15/h2-7,9,11H,8,10H2,1H3,(H,20,22)/t11-/m1/s1. The molecule has 3 rings (SSSR count). The molecule has 1 amide bonds. The molecule has 0 aromatic heterocycles. The molecular weight excluding hydrogens is 390 g/mol. The first-order valence-corrected chi connectivity index (χ1v) is 8.45. The highest BCUT2D eigenvalue weighted by Crippen LogP contribution is 2.34. The highest BCUT2D eigenvalue weighted by atomic mass is 79.9. The van der Waals surface area contributed by atoms with Crippen LogP contribution >= 0.6 is 15.9 Å². The van der Waals surface area contributed by atoms with Gasteiger partial charge in [0.2, 0.25) is 6.79 Å². The van der Waals surface area contributed by atoms with E-state index in [1.54, 1.807) is 18.2 Å². The third-order valence-corrected chi connectivity index (χ3v) is 4.11. The minimum Gasteiger partial charge on any atom is -0.454 e. The predicted octanol–water partition coefficient (Wildman–Crippen LogP) is 3.29. The molecule has 1 atom stereocenters. The minimum absolute atomic E-state index is 0.106. The van der Waals surface area contributed by atoms with Crippen LogP contribution in [0.25, 0.3) is 0 Å². The van der Waals surface area contributed by atoms with Gasteiger partial charge in [0.1, 0.15) is 0 Å². The fraction of sp³-hybridized carbons (Fsp3) is 0.222. The Hall–Kier alpha value is -2.54. The van der Waals surface area contributed by atoms with Crippen LogP contribution in [-0.2, 0) is 20.7 Å². The van der Waals surface area contributed by atoms with E-state index in [2.05, 4.69) is 21.2 Å². The van der Waals surface area contributed by atoms with Gasteiger partial charge < -0.3 is 19.5 Å². The van der Waals surface area contributed by atoms with Crippen molar-refractivity contribution < 1.29 is 23.8 Å². The Balaban J connectivity index is 1.53. The number of fused-ring (bicyclic) bond motifs is 1. The van der Waals surface area contributed by atoms with Gasteiger partial charge in [0.25, 0.3) is 5.91 Å². The molecule has 0 fully saturated rings. The van der Waals surface area contributed by atoms with Crippen LogP contribution in [0.4, 0.5) is 5.69 Å². The predicted molar refractivity (Wildman–Crippen MR) is 94.6 cm³/mol. The number of amides is 1. The molecule has 0 unspecified atom stereocenters. The smallest absolute Gasteiger partial charge is 0.311 e. The maximum absolute atomic E-state index is 12.2. The van der Waals surface area contributed by atoms with E-state index < -0.39 is 18.0 Å². The molecular formula is C18H16BrNO5. The third-order valence-electron chi connectivity index (χ3n) is 3.58. The molecule has 0 aliphatic carbocycles. The molecule has 2 aromatic carbocycles. The molecule has 0 spiro atoms. The van der Waals surface area contributed by atoms with Gasteiger partial charge in [-0.3, -0.25) is 9.59 Å². The molecule has 1 aliphatic rings. The summed E-state index contributed by atoms with van der Waals surface area (Å²) >= 11 is 3.34. The highest BCUT2D eigenvalue weighted by Gasteiger charge is 2.20. The van der Waals surface area contributed by atoms with E-state index in [4.69, 9.17) is 14.2 Å². The van der Waals surface area contributed by atoms with Crippen molar-refractivity contribution in [1.29, 1.82) is 0 Å². The van der Waals surface area contributed by atoms with Crippen LogP contribution in [0.2, 0.25) is 0 Å². The van der Waals surface area contributed by atoms with E-state index in [1.165, 1.54) is 6.92 Å². The Morgan fingerprint density at radius 2 is 1.88 bits per heavy atom. The Morgan fingerprint density at radius 3 is 2.64 bits per heavy atom. The molecule has 0 bridgehead atoms. The number of carbonyl (C=O) groups excluding carboxylic acids is 2. The molecule has 2 aromatic rings. The van der Waals surface area contributed by atoms with Gasteiger partial charge in [-0.15, -0.1) is 0 Å². The van der Waals surface area contributed by atoms with E-state index in [1.807, 2.05) is 24.3 Å². The van der Waals surface area contributed by atoms with Crippen LogP contribution in [-0.4, -0.2) is 24.8 Å². The summed E-state index contributed by atoms with van der Waals surface area (Å²) in [5.74, 6) is 0.323. The van der Waals surface area contributed by atoms with E-state index in [0.29, 0.717) is 17.2 Å². The second kappa shape index (κ2) is 7.57. The largest absolute Gasteiger partial charge is 0.454 e. The zero-order chi connectivity index (χ0) is 17.8. The number of esters is 1. The van der Waals surface area contributed by atoms with Gasteiger partial charge in [0, 0.05) is 16.2 Å². The lowest BCUT2D eigenvalue weighted by Gasteiger charge is -2.14. The Morgan fingerprint density at radius 1 is 1.16 bits per heavy atom. The molecule has 25 heavy (non-hydrogen) atoms. The summed E-state index contributed by atoms with van der Waals surface area (Å²) in [5.41, 5.74) is 1.36. The first-order valence-electron chi connectivity index (χ1n) is 7.66. The summed E-state index contributed by atoms with van der Waals surface area (Å²) in [7, 11) is 0. The van der Waals surface area contributed by atoms with Crippen molar-refractivity contribution in [2.24, 2.45) is 0 Å². The number of hydrogen-bond donors (Lipinski definition) is 1. The number of hydrogen-bond acceptors (Lipinski definition) is 5. The summed E-state index contributed by atoms with van der Waals surface area (Å²) in [6.07, 6.45) is -0.803. The number of anilines is 1. The maximum Gasteiger partial charge on any atom is 0.311 e. The molecule has 7 heteroatoms. The summed E-state index contributed by atoms with van der Waals surface area (Å²) < 4.78 is 16.6. The molecule has 1 aliphatic heterocycles. The van der Waals surface area contributed by atoms with Gasteiger partial charge in [-0.2, -0.15) is 0 Å². The highest BCUT2D eigenvalue weighted by molar-refractivity contribution is 9.10. The first-order chi connectivity index (χ1) is 12.0. The second-order valence-corrected chi connectivity index (χ2v) is 6.41. The number of nitrogens with one attached hydrogen (secondary N) is 1. The second-order valence-electron chi connectivity index (χ2n) is 5.49. The van der Waals surface area contributed by atoms with Crippen LogP contribution in [0.1, 0.15) is 12.5 Å². The lowest BCUT2D eigenvalue weighted by atomic mass is 10.1. The summed E-state index contributed by atoms with van der Waals surface area (Å²) in [6, 6.07) is 12.4. The Bertz CT molecular complexity index is 791. The van der Waals surface area contributed by atoms with Gasteiger partial charge in [0.05, 0.1) is 6.42 Å². The normalized spacial score (nSPS) is 13.2. The van der Waals surface area contributed by atoms with Gasteiger partial charge in [-0.1, -0.05) is 28.1 Å². The van der Waals surface area contributed by atoms with E-state index >= 15 is 0 Å². The topological polar surface area (TPSA) is 73.9 Å². The SMILES string of the molecule is C[C@@H](OC(=O)Cc1ccc(Br)cc1)C(=O)Nc1ccc2c(c1)OCO2. The number of carbonyl (C=O) groups is 2. The number of halogens is 1. The average molecular weight is 406 g/mol. The molecule has 0 radical (unpaired) electrons. The van der Waals surface area contributed by atoms with Crippen molar-refractivity contribution in [3.8, 4) is 11.5 Å². The zero-order valence-electron chi connectivity index (χ0n) is 13.5.